The Morgan fingerprint density at radius 3 is 2.73 bits per heavy atom. The van der Waals surface area contributed by atoms with E-state index in [9.17, 15) is 14.4 Å². The third-order valence-corrected chi connectivity index (χ3v) is 4.24. The molecule has 0 fully saturated rings. The number of hydrogen-bond donors (Lipinski definition) is 2. The number of carbonyl (C=O) groups excluding carboxylic acids is 3. The molecule has 26 heavy (non-hydrogen) atoms. The van der Waals surface area contributed by atoms with Crippen LogP contribution >= 0.6 is 11.3 Å². The molecule has 0 aliphatic carbocycles. The van der Waals surface area contributed by atoms with Crippen molar-refractivity contribution in [1.29, 1.82) is 0 Å². The van der Waals surface area contributed by atoms with Crippen LogP contribution in [-0.2, 0) is 14.3 Å². The second-order valence-corrected chi connectivity index (χ2v) is 6.48. The van der Waals surface area contributed by atoms with Gasteiger partial charge in [-0.25, -0.2) is 0 Å². The molecule has 0 saturated heterocycles. The maximum absolute atomic E-state index is 12.1. The van der Waals surface area contributed by atoms with Crippen LogP contribution in [0.2, 0.25) is 0 Å². The molecule has 0 bridgehead atoms. The largest absolute Gasteiger partial charge is 0.493 e. The molecule has 2 aromatic rings. The molecular weight excluding hydrogens is 356 g/mol. The Bertz CT molecular complexity index is 802. The Balaban J connectivity index is 1.78. The fourth-order valence-corrected chi connectivity index (χ4v) is 2.88. The fraction of sp³-hybridized carbons (Fsp3) is 0.278. The minimum atomic E-state index is -1.01. The molecule has 3 N–H and O–H groups in total. The van der Waals surface area contributed by atoms with E-state index in [4.69, 9.17) is 15.2 Å². The summed E-state index contributed by atoms with van der Waals surface area (Å²) in [5.41, 5.74) is 6.49. The Labute approximate surface area is 155 Å². The second-order valence-electron chi connectivity index (χ2n) is 5.56. The molecule has 1 aromatic carbocycles. The maximum Gasteiger partial charge on any atom is 0.310 e. The number of thiophene rings is 1. The normalized spacial score (nSPS) is 11.5. The minimum Gasteiger partial charge on any atom is -0.493 e. The summed E-state index contributed by atoms with van der Waals surface area (Å²) in [5.74, 6) is -1.07. The van der Waals surface area contributed by atoms with Gasteiger partial charge >= 0.3 is 5.97 Å². The standard InChI is InChI=1S/C18H20N2O5S/c1-11-4-3-5-13(10-11)24-8-6-15(21)25-12(2)17(23)20-18-14(16(19)22)7-9-26-18/h3-5,7,9-10,12H,6,8H2,1-2H3,(H2,19,22)(H,20,23)/t12-/m1/s1. The van der Waals surface area contributed by atoms with Crippen molar-refractivity contribution in [1.82, 2.24) is 0 Å². The predicted molar refractivity (Wildman–Crippen MR) is 98.3 cm³/mol. The highest BCUT2D eigenvalue weighted by Crippen LogP contribution is 2.23. The van der Waals surface area contributed by atoms with E-state index in [1.807, 2.05) is 25.1 Å². The first-order valence-electron chi connectivity index (χ1n) is 7.94. The highest BCUT2D eigenvalue weighted by atomic mass is 32.1. The van der Waals surface area contributed by atoms with Crippen LogP contribution in [0.15, 0.2) is 35.7 Å². The van der Waals surface area contributed by atoms with Crippen molar-refractivity contribution in [3.63, 3.8) is 0 Å². The van der Waals surface area contributed by atoms with Crippen molar-refractivity contribution >= 4 is 34.1 Å². The molecular formula is C18H20N2O5S. The number of benzene rings is 1. The van der Waals surface area contributed by atoms with Crippen molar-refractivity contribution in [2.75, 3.05) is 11.9 Å². The number of amides is 2. The number of anilines is 1. The first kappa shape index (κ1) is 19.5. The monoisotopic (exact) mass is 376 g/mol. The van der Waals surface area contributed by atoms with E-state index < -0.39 is 23.9 Å². The summed E-state index contributed by atoms with van der Waals surface area (Å²) in [6.45, 7) is 3.54. The molecule has 2 amide bonds. The molecule has 0 radical (unpaired) electrons. The summed E-state index contributed by atoms with van der Waals surface area (Å²) < 4.78 is 10.6. The van der Waals surface area contributed by atoms with Gasteiger partial charge in [0.05, 0.1) is 18.6 Å². The predicted octanol–water partition coefficient (Wildman–Crippen LogP) is 2.49. The third-order valence-electron chi connectivity index (χ3n) is 3.41. The highest BCUT2D eigenvalue weighted by molar-refractivity contribution is 7.14. The molecule has 1 heterocycles. The summed E-state index contributed by atoms with van der Waals surface area (Å²) in [4.78, 5) is 35.2. The Morgan fingerprint density at radius 2 is 2.04 bits per heavy atom. The van der Waals surface area contributed by atoms with Crippen LogP contribution in [0, 0.1) is 6.92 Å². The van der Waals surface area contributed by atoms with E-state index in [-0.39, 0.29) is 18.6 Å². The molecule has 1 atom stereocenters. The van der Waals surface area contributed by atoms with Gasteiger partial charge in [-0.1, -0.05) is 12.1 Å². The quantitative estimate of drug-likeness (QED) is 0.688. The third kappa shape index (κ3) is 5.59. The van der Waals surface area contributed by atoms with Gasteiger partial charge in [0.25, 0.3) is 11.8 Å². The van der Waals surface area contributed by atoms with E-state index in [0.29, 0.717) is 10.8 Å². The van der Waals surface area contributed by atoms with Gasteiger partial charge in [-0.3, -0.25) is 14.4 Å². The van der Waals surface area contributed by atoms with E-state index in [2.05, 4.69) is 5.32 Å². The number of nitrogens with two attached hydrogens (primary N) is 1. The van der Waals surface area contributed by atoms with Crippen LogP contribution in [0.25, 0.3) is 0 Å². The van der Waals surface area contributed by atoms with E-state index in [1.54, 1.807) is 11.4 Å². The van der Waals surface area contributed by atoms with Crippen molar-refractivity contribution in [3.8, 4) is 5.75 Å². The van der Waals surface area contributed by atoms with Gasteiger partial charge < -0.3 is 20.5 Å². The Hall–Kier alpha value is -2.87. The number of carbonyl (C=O) groups is 3. The molecule has 7 nitrogen and oxygen atoms in total. The summed E-state index contributed by atoms with van der Waals surface area (Å²) in [6, 6.07) is 8.98. The van der Waals surface area contributed by atoms with Crippen LogP contribution in [0.3, 0.4) is 0 Å². The Kier molecular flexibility index (Phi) is 6.74. The number of rotatable bonds is 8. The molecule has 0 unspecified atom stereocenters. The summed E-state index contributed by atoms with van der Waals surface area (Å²) in [5, 5.41) is 4.50. The van der Waals surface area contributed by atoms with Crippen molar-refractivity contribution in [2.24, 2.45) is 5.73 Å². The zero-order chi connectivity index (χ0) is 19.1. The summed E-state index contributed by atoms with van der Waals surface area (Å²) >= 11 is 1.16. The SMILES string of the molecule is Cc1cccc(OCCC(=O)O[C@H](C)C(=O)Nc2sccc2C(N)=O)c1. The lowest BCUT2D eigenvalue weighted by Gasteiger charge is -2.13. The average molecular weight is 376 g/mol. The molecule has 0 saturated carbocycles. The molecule has 0 spiro atoms. The van der Waals surface area contributed by atoms with Crippen LogP contribution in [0.5, 0.6) is 5.75 Å². The number of aryl methyl sites for hydroxylation is 1. The zero-order valence-corrected chi connectivity index (χ0v) is 15.3. The second kappa shape index (κ2) is 9.00. The van der Waals surface area contributed by atoms with Gasteiger partial charge in [0.15, 0.2) is 6.10 Å². The number of hydrogen-bond acceptors (Lipinski definition) is 6. The summed E-state index contributed by atoms with van der Waals surface area (Å²) in [7, 11) is 0. The van der Waals surface area contributed by atoms with Crippen LogP contribution in [0.1, 0.15) is 29.3 Å². The van der Waals surface area contributed by atoms with Gasteiger partial charge in [0.2, 0.25) is 0 Å². The van der Waals surface area contributed by atoms with E-state index >= 15 is 0 Å². The first-order valence-corrected chi connectivity index (χ1v) is 8.82. The molecule has 8 heteroatoms. The van der Waals surface area contributed by atoms with Crippen LogP contribution in [0.4, 0.5) is 5.00 Å². The van der Waals surface area contributed by atoms with Crippen LogP contribution < -0.4 is 15.8 Å². The average Bonchev–Trinajstić information content (AvgIpc) is 3.03. The Morgan fingerprint density at radius 1 is 1.27 bits per heavy atom. The van der Waals surface area contributed by atoms with Gasteiger partial charge in [-0.15, -0.1) is 11.3 Å². The minimum absolute atomic E-state index is 0.0110. The van der Waals surface area contributed by atoms with E-state index in [1.165, 1.54) is 13.0 Å². The molecule has 1 aromatic heterocycles. The molecule has 2 rings (SSSR count). The number of ether oxygens (including phenoxy) is 2. The maximum atomic E-state index is 12.1. The van der Waals surface area contributed by atoms with Gasteiger partial charge in [0.1, 0.15) is 10.8 Å². The van der Waals surface area contributed by atoms with Crippen molar-refractivity contribution in [3.05, 3.63) is 46.8 Å². The number of nitrogens with one attached hydrogen (secondary N) is 1. The van der Waals surface area contributed by atoms with Gasteiger partial charge in [-0.05, 0) is 43.0 Å². The number of primary amides is 1. The first-order chi connectivity index (χ1) is 12.4. The smallest absolute Gasteiger partial charge is 0.310 e. The zero-order valence-electron chi connectivity index (χ0n) is 14.5. The lowest BCUT2D eigenvalue weighted by Crippen LogP contribution is -2.30. The highest BCUT2D eigenvalue weighted by Gasteiger charge is 2.20. The van der Waals surface area contributed by atoms with Gasteiger partial charge in [-0.2, -0.15) is 0 Å². The van der Waals surface area contributed by atoms with Crippen molar-refractivity contribution in [2.45, 2.75) is 26.4 Å². The molecule has 0 aliphatic heterocycles. The van der Waals surface area contributed by atoms with E-state index in [0.717, 1.165) is 16.9 Å². The summed E-state index contributed by atoms with van der Waals surface area (Å²) in [6.07, 6.45) is -0.999. The van der Waals surface area contributed by atoms with Gasteiger partial charge in [0, 0.05) is 0 Å². The number of esters is 1. The lowest BCUT2D eigenvalue weighted by atomic mass is 10.2. The lowest BCUT2D eigenvalue weighted by molar-refractivity contribution is -0.153. The molecule has 0 aliphatic rings. The van der Waals surface area contributed by atoms with Crippen molar-refractivity contribution < 1.29 is 23.9 Å². The molecule has 138 valence electrons. The fourth-order valence-electron chi connectivity index (χ4n) is 2.08. The topological polar surface area (TPSA) is 108 Å². The van der Waals surface area contributed by atoms with Crippen LogP contribution in [-0.4, -0.2) is 30.5 Å².